The van der Waals surface area contributed by atoms with Gasteiger partial charge in [-0.1, -0.05) is 35.5 Å². The third-order valence-corrected chi connectivity index (χ3v) is 2.53. The van der Waals surface area contributed by atoms with Crippen LogP contribution in [0.1, 0.15) is 11.3 Å². The van der Waals surface area contributed by atoms with Crippen molar-refractivity contribution in [1.29, 1.82) is 5.26 Å². The van der Waals surface area contributed by atoms with Crippen LogP contribution in [-0.2, 0) is 0 Å². The molecule has 0 N–H and O–H groups in total. The third-order valence-electron chi connectivity index (χ3n) is 2.53. The van der Waals surface area contributed by atoms with Gasteiger partial charge in [-0.25, -0.2) is 0 Å². The van der Waals surface area contributed by atoms with E-state index in [2.05, 4.69) is 16.1 Å². The van der Waals surface area contributed by atoms with Gasteiger partial charge in [-0.05, 0) is 35.4 Å². The lowest BCUT2D eigenvalue weighted by Crippen LogP contribution is -1.79. The highest BCUT2D eigenvalue weighted by atomic mass is 16.3. The van der Waals surface area contributed by atoms with E-state index in [4.69, 9.17) is 15.2 Å². The van der Waals surface area contributed by atoms with Crippen LogP contribution in [0.4, 0.5) is 5.69 Å². The molecule has 5 nitrogen and oxygen atoms in total. The average Bonchev–Trinajstić information content (AvgIpc) is 2.98. The van der Waals surface area contributed by atoms with Crippen LogP contribution in [0.25, 0.3) is 22.1 Å². The highest BCUT2D eigenvalue weighted by Gasteiger charge is 1.99. The molecule has 0 spiro atoms. The van der Waals surface area contributed by atoms with Crippen LogP contribution in [0.2, 0.25) is 0 Å². The van der Waals surface area contributed by atoms with Gasteiger partial charge in [0.15, 0.2) is 0 Å². The summed E-state index contributed by atoms with van der Waals surface area (Å²) in [5, 5.41) is 12.6. The molecule has 20 heavy (non-hydrogen) atoms. The minimum Gasteiger partial charge on any atom is -0.465 e. The molecule has 1 aromatic heterocycles. The quantitative estimate of drug-likeness (QED) is 0.259. The van der Waals surface area contributed by atoms with Gasteiger partial charge in [0.2, 0.25) is 0 Å². The van der Waals surface area contributed by atoms with Gasteiger partial charge in [-0.3, -0.25) is 0 Å². The molecule has 0 bridgehead atoms. The summed E-state index contributed by atoms with van der Waals surface area (Å²) in [5.41, 5.74) is 10.1. The number of azide groups is 1. The van der Waals surface area contributed by atoms with E-state index >= 15 is 0 Å². The number of rotatable bonds is 4. The first-order valence-corrected chi connectivity index (χ1v) is 5.81. The largest absolute Gasteiger partial charge is 0.465 e. The fourth-order valence-electron chi connectivity index (χ4n) is 1.58. The van der Waals surface area contributed by atoms with Gasteiger partial charge in [-0.2, -0.15) is 5.26 Å². The number of nitrogens with zero attached hydrogens (tertiary/aromatic N) is 4. The zero-order chi connectivity index (χ0) is 14.2. The third kappa shape index (κ3) is 3.39. The lowest BCUT2D eigenvalue weighted by Gasteiger charge is -1.98. The normalized spacial score (nSPS) is 11.1. The molecule has 2 rings (SSSR count). The van der Waals surface area contributed by atoms with Crippen molar-refractivity contribution in [3.8, 4) is 6.07 Å². The van der Waals surface area contributed by atoms with E-state index in [0.29, 0.717) is 11.3 Å². The van der Waals surface area contributed by atoms with Crippen molar-refractivity contribution in [2.24, 2.45) is 5.11 Å². The molecule has 0 aliphatic heterocycles. The summed E-state index contributed by atoms with van der Waals surface area (Å²) >= 11 is 0. The second-order valence-electron chi connectivity index (χ2n) is 3.80. The molecule has 0 saturated carbocycles. The first kappa shape index (κ1) is 13.2. The Morgan fingerprint density at radius 3 is 2.70 bits per heavy atom. The summed E-state index contributed by atoms with van der Waals surface area (Å²) in [6.07, 6.45) is 6.80. The van der Waals surface area contributed by atoms with E-state index < -0.39 is 0 Å². The molecule has 96 valence electrons. The Morgan fingerprint density at radius 2 is 2.10 bits per heavy atom. The van der Waals surface area contributed by atoms with Crippen molar-refractivity contribution >= 4 is 17.3 Å². The van der Waals surface area contributed by atoms with Crippen LogP contribution in [0, 0.1) is 11.3 Å². The van der Waals surface area contributed by atoms with Gasteiger partial charge < -0.3 is 4.42 Å². The van der Waals surface area contributed by atoms with E-state index in [1.165, 1.54) is 0 Å². The lowest BCUT2D eigenvalue weighted by molar-refractivity contribution is 0.557. The predicted octanol–water partition coefficient (Wildman–Crippen LogP) is 4.84. The Bertz CT molecular complexity index is 712. The zero-order valence-corrected chi connectivity index (χ0v) is 10.5. The molecule has 1 aromatic carbocycles. The van der Waals surface area contributed by atoms with Crippen molar-refractivity contribution in [2.75, 3.05) is 0 Å². The first-order chi connectivity index (χ1) is 9.83. The number of furan rings is 1. The van der Waals surface area contributed by atoms with E-state index in [0.717, 1.165) is 11.3 Å². The van der Waals surface area contributed by atoms with Crippen molar-refractivity contribution in [2.45, 2.75) is 0 Å². The Kier molecular flexibility index (Phi) is 4.39. The SMILES string of the molecule is N#CC(=CC=Cc1ccco1)c1ccc(N=[N+]=[N-])cc1. The standard InChI is InChI=1S/C15H10N4O/c16-11-13(3-1-4-15-5-2-10-20-15)12-6-8-14(9-7-12)18-19-17/h1-10H. The Morgan fingerprint density at radius 1 is 1.30 bits per heavy atom. The van der Waals surface area contributed by atoms with Gasteiger partial charge in [0.25, 0.3) is 0 Å². The highest BCUT2D eigenvalue weighted by Crippen LogP contribution is 2.19. The molecular weight excluding hydrogens is 252 g/mol. The fourth-order valence-corrected chi connectivity index (χ4v) is 1.58. The maximum atomic E-state index is 9.15. The number of benzene rings is 1. The van der Waals surface area contributed by atoms with Crippen LogP contribution in [0.15, 0.2) is 64.3 Å². The lowest BCUT2D eigenvalue weighted by atomic mass is 10.1. The van der Waals surface area contributed by atoms with Crippen LogP contribution < -0.4 is 0 Å². The fraction of sp³-hybridized carbons (Fsp3) is 0. The van der Waals surface area contributed by atoms with E-state index in [-0.39, 0.29) is 0 Å². The molecule has 5 heteroatoms. The van der Waals surface area contributed by atoms with Gasteiger partial charge >= 0.3 is 0 Å². The van der Waals surface area contributed by atoms with Crippen molar-refractivity contribution in [1.82, 2.24) is 0 Å². The molecule has 0 atom stereocenters. The zero-order valence-electron chi connectivity index (χ0n) is 10.5. The van der Waals surface area contributed by atoms with Gasteiger partial charge in [0, 0.05) is 10.6 Å². The Balaban J connectivity index is 2.19. The molecule has 0 unspecified atom stereocenters. The van der Waals surface area contributed by atoms with Gasteiger partial charge in [0.1, 0.15) is 5.76 Å². The van der Waals surface area contributed by atoms with Crippen molar-refractivity contribution in [3.63, 3.8) is 0 Å². The maximum absolute atomic E-state index is 9.15. The summed E-state index contributed by atoms with van der Waals surface area (Å²) < 4.78 is 5.15. The van der Waals surface area contributed by atoms with Crippen molar-refractivity contribution in [3.05, 3.63) is 76.6 Å². The number of allylic oxidation sites excluding steroid dienone is 3. The van der Waals surface area contributed by atoms with Crippen LogP contribution in [0.3, 0.4) is 0 Å². The first-order valence-electron chi connectivity index (χ1n) is 5.81. The summed E-state index contributed by atoms with van der Waals surface area (Å²) in [7, 11) is 0. The number of hydrogen-bond donors (Lipinski definition) is 0. The summed E-state index contributed by atoms with van der Waals surface area (Å²) in [6, 6.07) is 12.5. The van der Waals surface area contributed by atoms with Crippen molar-refractivity contribution < 1.29 is 4.42 Å². The van der Waals surface area contributed by atoms with Gasteiger partial charge in [-0.15, -0.1) is 0 Å². The average molecular weight is 262 g/mol. The molecule has 0 amide bonds. The summed E-state index contributed by atoms with van der Waals surface area (Å²) in [4.78, 5) is 2.70. The smallest absolute Gasteiger partial charge is 0.126 e. The molecule has 0 aliphatic carbocycles. The molecule has 2 aromatic rings. The summed E-state index contributed by atoms with van der Waals surface area (Å²) in [6.45, 7) is 0. The molecule has 1 heterocycles. The van der Waals surface area contributed by atoms with E-state index in [1.807, 2.05) is 6.07 Å². The molecule has 0 aliphatic rings. The maximum Gasteiger partial charge on any atom is 0.126 e. The van der Waals surface area contributed by atoms with Crippen LogP contribution in [0.5, 0.6) is 0 Å². The minimum atomic E-state index is 0.514. The van der Waals surface area contributed by atoms with Gasteiger partial charge in [0.05, 0.1) is 17.9 Å². The second kappa shape index (κ2) is 6.64. The van der Waals surface area contributed by atoms with E-state index in [1.54, 1.807) is 54.8 Å². The van der Waals surface area contributed by atoms with E-state index in [9.17, 15) is 0 Å². The molecule has 0 fully saturated rings. The molecule has 0 saturated heterocycles. The Labute approximate surface area is 115 Å². The van der Waals surface area contributed by atoms with Crippen LogP contribution in [-0.4, -0.2) is 0 Å². The predicted molar refractivity (Wildman–Crippen MR) is 76.6 cm³/mol. The summed E-state index contributed by atoms with van der Waals surface area (Å²) in [5.74, 6) is 0.720. The Hall–Kier alpha value is -3.22. The molecular formula is C15H10N4O. The number of nitriles is 1. The second-order valence-corrected chi connectivity index (χ2v) is 3.80. The number of hydrogen-bond acceptors (Lipinski definition) is 3. The molecule has 0 radical (unpaired) electrons. The minimum absolute atomic E-state index is 0.514. The highest BCUT2D eigenvalue weighted by molar-refractivity contribution is 5.79. The monoisotopic (exact) mass is 262 g/mol. The van der Waals surface area contributed by atoms with Crippen LogP contribution >= 0.6 is 0 Å². The topological polar surface area (TPSA) is 85.7 Å².